The Morgan fingerprint density at radius 3 is 2.79 bits per heavy atom. The van der Waals surface area contributed by atoms with Crippen molar-refractivity contribution in [3.8, 4) is 5.75 Å². The van der Waals surface area contributed by atoms with E-state index < -0.39 is 11.8 Å². The molecule has 2 aromatic rings. The van der Waals surface area contributed by atoms with Gasteiger partial charge in [-0.3, -0.25) is 9.59 Å². The van der Waals surface area contributed by atoms with Gasteiger partial charge in [0.05, 0.1) is 11.9 Å². The number of ether oxygens (including phenoxy) is 1. The van der Waals surface area contributed by atoms with Crippen molar-refractivity contribution in [3.05, 3.63) is 53.7 Å². The second kappa shape index (κ2) is 11.2. The number of nitrogens with two attached hydrogens (primary N) is 1. The van der Waals surface area contributed by atoms with Gasteiger partial charge in [0.2, 0.25) is 0 Å². The third-order valence-corrected chi connectivity index (χ3v) is 6.08. The molecule has 2 amide bonds. The SMILES string of the molecule is CCc1cc(NC(=O)C(=O)N2C[C@@H](C)CC=C2c2cccc(OCC(C)N(C)C)c2)cnc1N. The number of nitrogens with zero attached hydrogens (tertiary/aromatic N) is 3. The van der Waals surface area contributed by atoms with Crippen LogP contribution >= 0.6 is 0 Å². The minimum atomic E-state index is -0.708. The molecule has 0 saturated heterocycles. The van der Waals surface area contributed by atoms with Crippen LogP contribution in [0.15, 0.2) is 42.6 Å². The maximum absolute atomic E-state index is 13.2. The van der Waals surface area contributed by atoms with Gasteiger partial charge in [-0.25, -0.2) is 4.98 Å². The fraction of sp³-hybridized carbons (Fsp3) is 0.423. The van der Waals surface area contributed by atoms with Gasteiger partial charge < -0.3 is 25.6 Å². The average molecular weight is 466 g/mol. The first-order valence-corrected chi connectivity index (χ1v) is 11.7. The summed E-state index contributed by atoms with van der Waals surface area (Å²) in [4.78, 5) is 33.8. The van der Waals surface area contributed by atoms with E-state index in [9.17, 15) is 9.59 Å². The summed E-state index contributed by atoms with van der Waals surface area (Å²) in [5.74, 6) is 0.0680. The Kier molecular flexibility index (Phi) is 8.28. The van der Waals surface area contributed by atoms with E-state index in [0.29, 0.717) is 36.8 Å². The van der Waals surface area contributed by atoms with E-state index in [1.165, 1.54) is 6.20 Å². The van der Waals surface area contributed by atoms with E-state index in [4.69, 9.17) is 10.5 Å². The number of carbonyl (C=O) groups excluding carboxylic acids is 2. The van der Waals surface area contributed by atoms with Gasteiger partial charge in [-0.05, 0) is 63.5 Å². The third kappa shape index (κ3) is 6.14. The van der Waals surface area contributed by atoms with Gasteiger partial charge in [0.15, 0.2) is 0 Å². The molecule has 0 spiro atoms. The lowest BCUT2D eigenvalue weighted by Crippen LogP contribution is -2.42. The Balaban J connectivity index is 1.78. The molecule has 34 heavy (non-hydrogen) atoms. The highest BCUT2D eigenvalue weighted by Gasteiger charge is 2.30. The van der Waals surface area contributed by atoms with Crippen LogP contribution in [0.3, 0.4) is 0 Å². The zero-order chi connectivity index (χ0) is 24.8. The molecule has 3 N–H and O–H groups in total. The number of pyridine rings is 1. The maximum atomic E-state index is 13.2. The molecule has 1 aromatic heterocycles. The number of carbonyl (C=O) groups is 2. The van der Waals surface area contributed by atoms with E-state index in [1.807, 2.05) is 51.4 Å². The number of anilines is 2. The van der Waals surface area contributed by atoms with Crippen molar-refractivity contribution in [2.45, 2.75) is 39.7 Å². The zero-order valence-electron chi connectivity index (χ0n) is 20.7. The normalized spacial score (nSPS) is 16.7. The summed E-state index contributed by atoms with van der Waals surface area (Å²) >= 11 is 0. The zero-order valence-corrected chi connectivity index (χ0v) is 20.7. The predicted molar refractivity (Wildman–Crippen MR) is 135 cm³/mol. The van der Waals surface area contributed by atoms with Crippen molar-refractivity contribution in [2.75, 3.05) is 38.3 Å². The minimum Gasteiger partial charge on any atom is -0.492 e. The number of allylic oxidation sites excluding steroid dienone is 1. The average Bonchev–Trinajstić information content (AvgIpc) is 2.83. The van der Waals surface area contributed by atoms with Gasteiger partial charge in [0.1, 0.15) is 18.2 Å². The van der Waals surface area contributed by atoms with Gasteiger partial charge in [-0.1, -0.05) is 32.1 Å². The van der Waals surface area contributed by atoms with Gasteiger partial charge >= 0.3 is 11.8 Å². The van der Waals surface area contributed by atoms with Crippen LogP contribution in [0.2, 0.25) is 0 Å². The topological polar surface area (TPSA) is 101 Å². The number of hydrogen-bond acceptors (Lipinski definition) is 6. The lowest BCUT2D eigenvalue weighted by molar-refractivity contribution is -0.141. The molecule has 2 heterocycles. The summed E-state index contributed by atoms with van der Waals surface area (Å²) in [6.07, 6.45) is 4.98. The molecular formula is C26H35N5O3. The Labute approximate surface area is 201 Å². The van der Waals surface area contributed by atoms with Crippen molar-refractivity contribution < 1.29 is 14.3 Å². The molecule has 2 atom stereocenters. The molecule has 1 aliphatic rings. The molecule has 8 nitrogen and oxygen atoms in total. The van der Waals surface area contributed by atoms with E-state index in [1.54, 1.807) is 11.0 Å². The number of aryl methyl sites for hydroxylation is 1. The van der Waals surface area contributed by atoms with Crippen LogP contribution in [0.25, 0.3) is 5.70 Å². The van der Waals surface area contributed by atoms with Crippen LogP contribution in [0.4, 0.5) is 11.5 Å². The van der Waals surface area contributed by atoms with Crippen molar-refractivity contribution in [1.29, 1.82) is 0 Å². The molecule has 1 unspecified atom stereocenters. The fourth-order valence-electron chi connectivity index (χ4n) is 3.66. The van der Waals surface area contributed by atoms with Crippen molar-refractivity contribution in [3.63, 3.8) is 0 Å². The number of rotatable bonds is 7. The Hall–Kier alpha value is -3.39. The second-order valence-corrected chi connectivity index (χ2v) is 9.07. The third-order valence-electron chi connectivity index (χ3n) is 6.08. The predicted octanol–water partition coefficient (Wildman–Crippen LogP) is 3.40. The number of benzene rings is 1. The number of aromatic nitrogens is 1. The highest BCUT2D eigenvalue weighted by atomic mass is 16.5. The summed E-state index contributed by atoms with van der Waals surface area (Å²) in [5.41, 5.74) is 8.67. The minimum absolute atomic E-state index is 0.241. The Morgan fingerprint density at radius 2 is 2.09 bits per heavy atom. The molecule has 8 heteroatoms. The summed E-state index contributed by atoms with van der Waals surface area (Å²) in [6.45, 7) is 7.11. The molecule has 1 aliphatic heterocycles. The number of amides is 2. The van der Waals surface area contributed by atoms with Gasteiger partial charge in [-0.15, -0.1) is 0 Å². The maximum Gasteiger partial charge on any atom is 0.316 e. The molecule has 0 radical (unpaired) electrons. The lowest BCUT2D eigenvalue weighted by atomic mass is 9.97. The number of nitrogen functional groups attached to an aromatic ring is 1. The van der Waals surface area contributed by atoms with Gasteiger partial charge in [0, 0.05) is 23.8 Å². The van der Waals surface area contributed by atoms with Gasteiger partial charge in [0.25, 0.3) is 0 Å². The molecule has 1 aromatic carbocycles. The van der Waals surface area contributed by atoms with Crippen molar-refractivity contribution >= 4 is 29.0 Å². The molecule has 3 rings (SSSR count). The monoisotopic (exact) mass is 465 g/mol. The molecule has 0 aliphatic carbocycles. The second-order valence-electron chi connectivity index (χ2n) is 9.07. The summed E-state index contributed by atoms with van der Waals surface area (Å²) < 4.78 is 5.97. The van der Waals surface area contributed by atoms with Crippen LogP contribution in [0, 0.1) is 5.92 Å². The van der Waals surface area contributed by atoms with Crippen molar-refractivity contribution in [2.24, 2.45) is 5.92 Å². The van der Waals surface area contributed by atoms with Crippen LogP contribution in [-0.4, -0.2) is 59.9 Å². The van der Waals surface area contributed by atoms with Crippen LogP contribution in [-0.2, 0) is 16.0 Å². The summed E-state index contributed by atoms with van der Waals surface area (Å²) in [6, 6.07) is 9.66. The fourth-order valence-corrected chi connectivity index (χ4v) is 3.66. The first-order chi connectivity index (χ1) is 16.2. The van der Waals surface area contributed by atoms with E-state index >= 15 is 0 Å². The Bertz CT molecular complexity index is 1070. The lowest BCUT2D eigenvalue weighted by Gasteiger charge is -2.32. The Morgan fingerprint density at radius 1 is 1.32 bits per heavy atom. The smallest absolute Gasteiger partial charge is 0.316 e. The van der Waals surface area contributed by atoms with Crippen LogP contribution in [0.5, 0.6) is 5.75 Å². The highest BCUT2D eigenvalue weighted by molar-refractivity contribution is 6.40. The number of likely N-dealkylation sites (N-methyl/N-ethyl adjacent to an activating group) is 1. The van der Waals surface area contributed by atoms with E-state index in [-0.39, 0.29) is 12.0 Å². The number of nitrogens with one attached hydrogen (secondary N) is 1. The summed E-state index contributed by atoms with van der Waals surface area (Å²) in [7, 11) is 4.02. The van der Waals surface area contributed by atoms with E-state index in [2.05, 4.69) is 29.0 Å². The molecule has 182 valence electrons. The largest absolute Gasteiger partial charge is 0.492 e. The standard InChI is InChI=1S/C26H35N5O3/c1-6-19-12-21(14-28-24(19)27)29-25(32)26(33)31-15-17(2)10-11-23(31)20-8-7-9-22(13-20)34-16-18(3)30(4)5/h7-9,11-14,17-18H,6,10,15-16H2,1-5H3,(H2,27,28)(H,29,32)/t17-,18?/m0/s1. The molecule has 0 fully saturated rings. The van der Waals surface area contributed by atoms with Crippen molar-refractivity contribution in [1.82, 2.24) is 14.8 Å². The van der Waals surface area contributed by atoms with Gasteiger partial charge in [-0.2, -0.15) is 0 Å². The van der Waals surface area contributed by atoms with Crippen LogP contribution < -0.4 is 15.8 Å². The van der Waals surface area contributed by atoms with E-state index in [0.717, 1.165) is 23.3 Å². The molecular weight excluding hydrogens is 430 g/mol. The number of hydrogen-bond donors (Lipinski definition) is 2. The van der Waals surface area contributed by atoms with Crippen LogP contribution in [0.1, 0.15) is 38.3 Å². The quantitative estimate of drug-likeness (QED) is 0.608. The molecule has 0 saturated carbocycles. The first kappa shape index (κ1) is 25.2. The first-order valence-electron chi connectivity index (χ1n) is 11.7. The summed E-state index contributed by atoms with van der Waals surface area (Å²) in [5, 5.41) is 2.68. The molecule has 0 bridgehead atoms. The highest BCUT2D eigenvalue weighted by Crippen LogP contribution is 2.30.